The number of unbranched alkanes of at least 4 members (excludes halogenated alkanes) is 1. The van der Waals surface area contributed by atoms with Crippen molar-refractivity contribution in [2.75, 3.05) is 0 Å². The summed E-state index contributed by atoms with van der Waals surface area (Å²) in [6.45, 7) is 6.47. The third kappa shape index (κ3) is 2.48. The van der Waals surface area contributed by atoms with E-state index in [2.05, 4.69) is 6.92 Å². The molecule has 3 heteroatoms. The van der Waals surface area contributed by atoms with Gasteiger partial charge in [0.15, 0.2) is 0 Å². The highest BCUT2D eigenvalue weighted by Gasteiger charge is 2.08. The van der Waals surface area contributed by atoms with Gasteiger partial charge in [-0.1, -0.05) is 13.3 Å². The standard InChI is InChI=1S/C12H19NO2/c1-4-5-6-13-10(3)7-9(2)11(8-14)12(13)15/h7,14H,4-6,8H2,1-3H3. The van der Waals surface area contributed by atoms with Gasteiger partial charge in [0, 0.05) is 17.8 Å². The number of aryl methyl sites for hydroxylation is 2. The van der Waals surface area contributed by atoms with Crippen LogP contribution < -0.4 is 5.56 Å². The zero-order valence-corrected chi connectivity index (χ0v) is 9.71. The monoisotopic (exact) mass is 209 g/mol. The van der Waals surface area contributed by atoms with Crippen LogP contribution in [0, 0.1) is 13.8 Å². The molecule has 84 valence electrons. The van der Waals surface area contributed by atoms with Crippen LogP contribution in [-0.2, 0) is 13.2 Å². The maximum Gasteiger partial charge on any atom is 0.256 e. The average molecular weight is 209 g/mol. The molecule has 0 spiro atoms. The van der Waals surface area contributed by atoms with Gasteiger partial charge < -0.3 is 9.67 Å². The minimum Gasteiger partial charge on any atom is -0.391 e. The molecule has 1 heterocycles. The summed E-state index contributed by atoms with van der Waals surface area (Å²) in [4.78, 5) is 12.0. The molecule has 0 amide bonds. The zero-order chi connectivity index (χ0) is 11.4. The molecule has 1 aromatic heterocycles. The highest BCUT2D eigenvalue weighted by atomic mass is 16.3. The molecule has 0 aliphatic rings. The molecule has 0 aliphatic carbocycles. The van der Waals surface area contributed by atoms with Crippen molar-refractivity contribution in [2.24, 2.45) is 0 Å². The van der Waals surface area contributed by atoms with Gasteiger partial charge in [-0.3, -0.25) is 4.79 Å². The first-order valence-corrected chi connectivity index (χ1v) is 5.42. The fourth-order valence-electron chi connectivity index (χ4n) is 1.76. The molecule has 1 rings (SSSR count). The van der Waals surface area contributed by atoms with Crippen molar-refractivity contribution < 1.29 is 5.11 Å². The number of aliphatic hydroxyl groups is 1. The van der Waals surface area contributed by atoms with E-state index < -0.39 is 0 Å². The maximum atomic E-state index is 12.0. The molecule has 0 radical (unpaired) electrons. The van der Waals surface area contributed by atoms with Crippen LogP contribution in [0.4, 0.5) is 0 Å². The lowest BCUT2D eigenvalue weighted by molar-refractivity contribution is 0.278. The molecule has 15 heavy (non-hydrogen) atoms. The largest absolute Gasteiger partial charge is 0.391 e. The van der Waals surface area contributed by atoms with Gasteiger partial charge in [0.1, 0.15) is 0 Å². The third-order valence-electron chi connectivity index (χ3n) is 2.72. The van der Waals surface area contributed by atoms with Gasteiger partial charge in [-0.25, -0.2) is 0 Å². The molecule has 0 unspecified atom stereocenters. The van der Waals surface area contributed by atoms with Crippen LogP contribution >= 0.6 is 0 Å². The zero-order valence-electron chi connectivity index (χ0n) is 9.71. The molecular weight excluding hydrogens is 190 g/mol. The molecular formula is C12H19NO2. The number of hydrogen-bond donors (Lipinski definition) is 1. The minimum absolute atomic E-state index is 0.0385. The van der Waals surface area contributed by atoms with Crippen LogP contribution in [0.1, 0.15) is 36.6 Å². The minimum atomic E-state index is -0.170. The van der Waals surface area contributed by atoms with Gasteiger partial charge in [-0.15, -0.1) is 0 Å². The summed E-state index contributed by atoms with van der Waals surface area (Å²) >= 11 is 0. The molecule has 0 aliphatic heterocycles. The summed E-state index contributed by atoms with van der Waals surface area (Å²) < 4.78 is 1.75. The topological polar surface area (TPSA) is 42.2 Å². The second-order valence-electron chi connectivity index (χ2n) is 3.92. The number of aromatic nitrogens is 1. The van der Waals surface area contributed by atoms with E-state index in [0.29, 0.717) is 5.56 Å². The highest BCUT2D eigenvalue weighted by molar-refractivity contribution is 5.25. The lowest BCUT2D eigenvalue weighted by Gasteiger charge is -2.12. The first-order valence-electron chi connectivity index (χ1n) is 5.42. The summed E-state index contributed by atoms with van der Waals surface area (Å²) in [5, 5.41) is 9.13. The van der Waals surface area contributed by atoms with Crippen LogP contribution in [-0.4, -0.2) is 9.67 Å². The number of rotatable bonds is 4. The fraction of sp³-hybridized carbons (Fsp3) is 0.583. The molecule has 1 aromatic rings. The Morgan fingerprint density at radius 2 is 2.07 bits per heavy atom. The maximum absolute atomic E-state index is 12.0. The Morgan fingerprint density at radius 3 is 2.60 bits per heavy atom. The Hall–Kier alpha value is -1.09. The number of hydrogen-bond acceptors (Lipinski definition) is 2. The molecule has 0 fully saturated rings. The van der Waals surface area contributed by atoms with Crippen molar-refractivity contribution in [1.82, 2.24) is 4.57 Å². The molecule has 0 bridgehead atoms. The van der Waals surface area contributed by atoms with E-state index in [1.807, 2.05) is 19.9 Å². The quantitative estimate of drug-likeness (QED) is 0.821. The molecule has 1 N–H and O–H groups in total. The van der Waals surface area contributed by atoms with Crippen molar-refractivity contribution in [3.8, 4) is 0 Å². The Morgan fingerprint density at radius 1 is 1.40 bits per heavy atom. The first kappa shape index (κ1) is 12.0. The summed E-state index contributed by atoms with van der Waals surface area (Å²) in [7, 11) is 0. The molecule has 0 aromatic carbocycles. The molecule has 0 saturated carbocycles. The van der Waals surface area contributed by atoms with Crippen LogP contribution in [0.2, 0.25) is 0 Å². The van der Waals surface area contributed by atoms with Gasteiger partial charge in [0.2, 0.25) is 0 Å². The van der Waals surface area contributed by atoms with Gasteiger partial charge in [0.25, 0.3) is 5.56 Å². The van der Waals surface area contributed by atoms with Gasteiger partial charge in [-0.2, -0.15) is 0 Å². The second-order valence-corrected chi connectivity index (χ2v) is 3.92. The van der Waals surface area contributed by atoms with E-state index in [-0.39, 0.29) is 12.2 Å². The van der Waals surface area contributed by atoms with Crippen LogP contribution in [0.5, 0.6) is 0 Å². The van der Waals surface area contributed by atoms with Crippen molar-refractivity contribution in [3.63, 3.8) is 0 Å². The van der Waals surface area contributed by atoms with Crippen molar-refractivity contribution >= 4 is 0 Å². The van der Waals surface area contributed by atoms with Crippen molar-refractivity contribution in [2.45, 2.75) is 46.8 Å². The highest BCUT2D eigenvalue weighted by Crippen LogP contribution is 2.07. The predicted octanol–water partition coefficient (Wildman–Crippen LogP) is 1.76. The van der Waals surface area contributed by atoms with Crippen LogP contribution in [0.25, 0.3) is 0 Å². The first-order chi connectivity index (χ1) is 7.11. The molecule has 0 saturated heterocycles. The summed E-state index contributed by atoms with van der Waals surface area (Å²) in [6.07, 6.45) is 2.06. The number of aliphatic hydroxyl groups excluding tert-OH is 1. The summed E-state index contributed by atoms with van der Waals surface area (Å²) in [5.41, 5.74) is 2.34. The van der Waals surface area contributed by atoms with Crippen molar-refractivity contribution in [1.29, 1.82) is 0 Å². The van der Waals surface area contributed by atoms with Crippen molar-refractivity contribution in [3.05, 3.63) is 33.2 Å². The SMILES string of the molecule is CCCCn1c(C)cc(C)c(CO)c1=O. The Kier molecular flexibility index (Phi) is 4.09. The number of nitrogens with zero attached hydrogens (tertiary/aromatic N) is 1. The Balaban J connectivity index is 3.20. The number of pyridine rings is 1. The normalized spacial score (nSPS) is 10.7. The summed E-state index contributed by atoms with van der Waals surface area (Å²) in [5.74, 6) is 0. The van der Waals surface area contributed by atoms with E-state index in [1.165, 1.54) is 0 Å². The smallest absolute Gasteiger partial charge is 0.256 e. The molecule has 0 atom stereocenters. The lowest BCUT2D eigenvalue weighted by Crippen LogP contribution is -2.26. The summed E-state index contributed by atoms with van der Waals surface area (Å²) in [6, 6.07) is 1.96. The Bertz CT molecular complexity index is 393. The van der Waals surface area contributed by atoms with Gasteiger partial charge in [0.05, 0.1) is 6.61 Å². The van der Waals surface area contributed by atoms with Crippen LogP contribution in [0.3, 0.4) is 0 Å². The van der Waals surface area contributed by atoms with Crippen LogP contribution in [0.15, 0.2) is 10.9 Å². The van der Waals surface area contributed by atoms with E-state index in [4.69, 9.17) is 5.11 Å². The Labute approximate surface area is 90.4 Å². The fourth-order valence-corrected chi connectivity index (χ4v) is 1.76. The lowest BCUT2D eigenvalue weighted by atomic mass is 10.1. The van der Waals surface area contributed by atoms with E-state index in [9.17, 15) is 4.79 Å². The van der Waals surface area contributed by atoms with E-state index in [0.717, 1.165) is 30.6 Å². The van der Waals surface area contributed by atoms with Gasteiger partial charge >= 0.3 is 0 Å². The van der Waals surface area contributed by atoms with E-state index >= 15 is 0 Å². The average Bonchev–Trinajstić information content (AvgIpc) is 2.17. The predicted molar refractivity (Wildman–Crippen MR) is 61.0 cm³/mol. The second kappa shape index (κ2) is 5.12. The van der Waals surface area contributed by atoms with Gasteiger partial charge in [-0.05, 0) is 31.9 Å². The van der Waals surface area contributed by atoms with E-state index in [1.54, 1.807) is 4.57 Å². The molecule has 3 nitrogen and oxygen atoms in total. The third-order valence-corrected chi connectivity index (χ3v) is 2.72.